The third-order valence-electron chi connectivity index (χ3n) is 5.63. The Morgan fingerprint density at radius 1 is 0.860 bits per heavy atom. The summed E-state index contributed by atoms with van der Waals surface area (Å²) in [4.78, 5) is 77.8. The van der Waals surface area contributed by atoms with Crippen LogP contribution >= 0.6 is 7.82 Å². The molecule has 0 aliphatic rings. The summed E-state index contributed by atoms with van der Waals surface area (Å²) in [6.07, 6.45) is -1.54. The smallest absolute Gasteiger partial charge is 0.445 e. The van der Waals surface area contributed by atoms with Crippen LogP contribution in [0.1, 0.15) is 23.0 Å². The van der Waals surface area contributed by atoms with Crippen LogP contribution in [0.15, 0.2) is 48.5 Å². The number of nitrogens with zero attached hydrogens (tertiary/aromatic N) is 4. The second-order valence-corrected chi connectivity index (χ2v) is 10.3. The number of hydrogen-bond acceptors (Lipinski definition) is 10. The normalized spacial score (nSPS) is 10.9. The highest BCUT2D eigenvalue weighted by molar-refractivity contribution is 7.46. The maximum Gasteiger partial charge on any atom is 0.524 e. The maximum atomic E-state index is 12.8. The minimum atomic E-state index is -4.68. The molecule has 0 aliphatic carbocycles. The molecule has 4 amide bonds. The van der Waals surface area contributed by atoms with Crippen molar-refractivity contribution in [1.29, 1.82) is 0 Å². The van der Waals surface area contributed by atoms with E-state index in [2.05, 4.69) is 25.1 Å². The first-order valence-corrected chi connectivity index (χ1v) is 14.3. The Hall–Kier alpha value is -4.79. The third kappa shape index (κ3) is 10.5. The van der Waals surface area contributed by atoms with E-state index in [-0.39, 0.29) is 56.0 Å². The Kier molecular flexibility index (Phi) is 11.3. The number of nitrogens with one attached hydrogen (secondary N) is 2. The average Bonchev–Trinajstić information content (AvgIpc) is 2.95. The molecule has 0 unspecified atom stereocenters. The van der Waals surface area contributed by atoms with E-state index in [4.69, 9.17) is 19.3 Å². The lowest BCUT2D eigenvalue weighted by Crippen LogP contribution is -2.39. The summed E-state index contributed by atoms with van der Waals surface area (Å²) in [6, 6.07) is 12.3. The van der Waals surface area contributed by atoms with E-state index in [9.17, 15) is 23.7 Å². The summed E-state index contributed by atoms with van der Waals surface area (Å²) in [5.74, 6) is -1.25. The van der Waals surface area contributed by atoms with Gasteiger partial charge in [0, 0.05) is 47.2 Å². The Balaban J connectivity index is 1.55. The first-order valence-electron chi connectivity index (χ1n) is 12.8. The summed E-state index contributed by atoms with van der Waals surface area (Å²) >= 11 is 0. The number of rotatable bonds is 12. The molecule has 0 spiro atoms. The quantitative estimate of drug-likeness (QED) is 0.169. The molecule has 17 heteroatoms. The van der Waals surface area contributed by atoms with E-state index < -0.39 is 25.9 Å². The molecule has 0 radical (unpaired) electrons. The lowest BCUT2D eigenvalue weighted by molar-refractivity contribution is -0.118. The molecule has 0 saturated heterocycles. The van der Waals surface area contributed by atoms with Crippen LogP contribution in [-0.4, -0.2) is 93.8 Å². The van der Waals surface area contributed by atoms with Gasteiger partial charge in [-0.3, -0.25) is 19.4 Å². The molecular weight excluding hydrogens is 587 g/mol. The molecule has 0 bridgehead atoms. The molecule has 0 aliphatic heterocycles. The van der Waals surface area contributed by atoms with E-state index in [1.807, 2.05) is 0 Å². The van der Waals surface area contributed by atoms with E-state index >= 15 is 0 Å². The molecule has 0 saturated carbocycles. The Morgan fingerprint density at radius 3 is 2.05 bits per heavy atom. The maximum absolute atomic E-state index is 12.8. The molecule has 3 rings (SSSR count). The number of amides is 4. The topological polar surface area (TPSA) is 210 Å². The van der Waals surface area contributed by atoms with Gasteiger partial charge in [0.15, 0.2) is 5.69 Å². The van der Waals surface area contributed by atoms with Crippen LogP contribution in [0.5, 0.6) is 11.6 Å². The third-order valence-corrected chi connectivity index (χ3v) is 6.07. The second kappa shape index (κ2) is 14.9. The molecule has 3 aromatic rings. The molecule has 230 valence electrons. The number of fused-ring (bicyclic) bond motifs is 1. The number of para-hydroxylation sites is 2. The predicted molar refractivity (Wildman–Crippen MR) is 151 cm³/mol. The molecule has 2 aromatic carbocycles. The zero-order valence-corrected chi connectivity index (χ0v) is 24.4. The molecule has 4 N–H and O–H groups in total. The zero-order chi connectivity index (χ0) is 31.6. The van der Waals surface area contributed by atoms with Gasteiger partial charge in [0.1, 0.15) is 12.4 Å². The van der Waals surface area contributed by atoms with Crippen LogP contribution in [0, 0.1) is 0 Å². The summed E-state index contributed by atoms with van der Waals surface area (Å²) in [5.41, 5.74) is 1.14. The van der Waals surface area contributed by atoms with Crippen molar-refractivity contribution in [3.8, 4) is 11.6 Å². The van der Waals surface area contributed by atoms with E-state index in [1.54, 1.807) is 24.3 Å². The van der Waals surface area contributed by atoms with Gasteiger partial charge in [-0.15, -0.1) is 0 Å². The number of benzene rings is 2. The largest absolute Gasteiger partial charge is 0.524 e. The van der Waals surface area contributed by atoms with Crippen LogP contribution in [0.3, 0.4) is 0 Å². The van der Waals surface area contributed by atoms with Crippen molar-refractivity contribution in [2.45, 2.75) is 13.5 Å². The van der Waals surface area contributed by atoms with Gasteiger partial charge < -0.3 is 34.4 Å². The number of hydrogen-bond donors (Lipinski definition) is 4. The summed E-state index contributed by atoms with van der Waals surface area (Å²) < 4.78 is 26.0. The number of phosphoric acid groups is 1. The number of carbonyl (C=O) groups excluding carboxylic acids is 4. The molecule has 0 atom stereocenters. The van der Waals surface area contributed by atoms with Crippen molar-refractivity contribution in [3.05, 3.63) is 59.8 Å². The predicted octanol–water partition coefficient (Wildman–Crippen LogP) is 1.67. The number of aromatic nitrogens is 2. The van der Waals surface area contributed by atoms with Crippen molar-refractivity contribution >= 4 is 42.9 Å². The monoisotopic (exact) mass is 618 g/mol. The van der Waals surface area contributed by atoms with Crippen molar-refractivity contribution in [3.63, 3.8) is 0 Å². The first-order chi connectivity index (χ1) is 20.3. The Bertz CT molecular complexity index is 1510. The summed E-state index contributed by atoms with van der Waals surface area (Å²) in [5, 5.41) is 5.15. The molecule has 1 aromatic heterocycles. The van der Waals surface area contributed by atoms with Crippen LogP contribution in [0.2, 0.25) is 0 Å². The average molecular weight is 619 g/mol. The second-order valence-electron chi connectivity index (χ2n) is 9.10. The lowest BCUT2D eigenvalue weighted by Gasteiger charge is -2.22. The highest BCUT2D eigenvalue weighted by Gasteiger charge is 2.23. The SMILES string of the molecule is CC(=O)NCCNC(=O)c1nc2ccccc2nc1OC(=O)N(C)CCN(C)C(=O)OCc1ccc(OP(=O)(O)O)cc1. The molecule has 16 nitrogen and oxygen atoms in total. The minimum Gasteiger partial charge on any atom is -0.445 e. The van der Waals surface area contributed by atoms with Gasteiger partial charge in [-0.05, 0) is 29.8 Å². The fourth-order valence-electron chi connectivity index (χ4n) is 3.38. The van der Waals surface area contributed by atoms with Crippen LogP contribution in [-0.2, 0) is 20.7 Å². The van der Waals surface area contributed by atoms with E-state index in [1.165, 1.54) is 55.1 Å². The van der Waals surface area contributed by atoms with Gasteiger partial charge in [-0.25, -0.2) is 24.1 Å². The zero-order valence-electron chi connectivity index (χ0n) is 23.6. The van der Waals surface area contributed by atoms with Gasteiger partial charge >= 0.3 is 20.0 Å². The van der Waals surface area contributed by atoms with Gasteiger partial charge in [-0.2, -0.15) is 0 Å². The minimum absolute atomic E-state index is 0.0398. The van der Waals surface area contributed by atoms with Crippen molar-refractivity contribution in [2.75, 3.05) is 40.3 Å². The van der Waals surface area contributed by atoms with Gasteiger partial charge in [0.25, 0.3) is 11.8 Å². The number of phosphoric ester groups is 1. The number of carbonyl (C=O) groups is 4. The van der Waals surface area contributed by atoms with Gasteiger partial charge in [0.05, 0.1) is 11.0 Å². The van der Waals surface area contributed by atoms with Crippen molar-refractivity contribution in [2.24, 2.45) is 0 Å². The molecule has 43 heavy (non-hydrogen) atoms. The molecule has 1 heterocycles. The molecule has 0 fully saturated rings. The van der Waals surface area contributed by atoms with E-state index in [0.29, 0.717) is 16.6 Å². The Labute approximate surface area is 246 Å². The summed E-state index contributed by atoms with van der Waals surface area (Å²) in [7, 11) is -1.78. The highest BCUT2D eigenvalue weighted by atomic mass is 31.2. The molecular formula is C26H31N6O10P. The lowest BCUT2D eigenvalue weighted by atomic mass is 10.2. The van der Waals surface area contributed by atoms with E-state index in [0.717, 1.165) is 0 Å². The number of ether oxygens (including phenoxy) is 2. The summed E-state index contributed by atoms with van der Waals surface area (Å²) in [6.45, 7) is 1.64. The Morgan fingerprint density at radius 2 is 1.44 bits per heavy atom. The number of likely N-dealkylation sites (N-methyl/N-ethyl adjacent to an activating group) is 2. The van der Waals surface area contributed by atoms with Crippen LogP contribution < -0.4 is 19.9 Å². The van der Waals surface area contributed by atoms with Crippen molar-refractivity contribution < 1.29 is 47.5 Å². The standard InChI is InChI=1S/C26H31N6O10P/c1-17(33)27-12-13-28-23(34)22-24(30-21-7-5-4-6-20(21)29-22)41-26(36)32(3)15-14-31(2)25(35)40-16-18-8-10-19(11-9-18)42-43(37,38)39/h4-11H,12-16H2,1-3H3,(H,27,33)(H,28,34)(H2,37,38,39). The fraction of sp³-hybridized carbons (Fsp3) is 0.308. The highest BCUT2D eigenvalue weighted by Crippen LogP contribution is 2.37. The first kappa shape index (κ1) is 32.7. The van der Waals surface area contributed by atoms with Gasteiger partial charge in [0.2, 0.25) is 5.91 Å². The van der Waals surface area contributed by atoms with Gasteiger partial charge in [-0.1, -0.05) is 24.3 Å². The van der Waals surface area contributed by atoms with Crippen LogP contribution in [0.4, 0.5) is 9.59 Å². The fourth-order valence-corrected chi connectivity index (χ4v) is 3.78. The van der Waals surface area contributed by atoms with Crippen LogP contribution in [0.25, 0.3) is 11.0 Å². The van der Waals surface area contributed by atoms with Crippen molar-refractivity contribution in [1.82, 2.24) is 30.4 Å².